The molecule has 0 aliphatic heterocycles. The molecule has 0 aromatic carbocycles. The van der Waals surface area contributed by atoms with Crippen LogP contribution in [0.25, 0.3) is 0 Å². The zero-order valence-electron chi connectivity index (χ0n) is 10.7. The van der Waals surface area contributed by atoms with Crippen LogP contribution >= 0.6 is 0 Å². The van der Waals surface area contributed by atoms with Crippen molar-refractivity contribution in [2.24, 2.45) is 0 Å². The smallest absolute Gasteiger partial charge is 0.307 e. The van der Waals surface area contributed by atoms with Gasteiger partial charge in [-0.1, -0.05) is 0 Å². The number of ether oxygens (including phenoxy) is 1. The van der Waals surface area contributed by atoms with E-state index in [1.165, 1.54) is 26.3 Å². The molecule has 18 heavy (non-hydrogen) atoms. The van der Waals surface area contributed by atoms with Gasteiger partial charge in [-0.25, -0.2) is 9.97 Å². The van der Waals surface area contributed by atoms with Crippen LogP contribution < -0.4 is 10.2 Å². The molecular formula is C12H18N4O2. The molecule has 1 aliphatic carbocycles. The highest BCUT2D eigenvalue weighted by molar-refractivity contribution is 5.69. The molecule has 1 heterocycles. The molecule has 1 aromatic heterocycles. The maximum Gasteiger partial charge on any atom is 0.307 e. The summed E-state index contributed by atoms with van der Waals surface area (Å²) in [6.45, 7) is 0.576. The lowest BCUT2D eigenvalue weighted by Crippen LogP contribution is -2.22. The highest BCUT2D eigenvalue weighted by Crippen LogP contribution is 2.24. The number of rotatable bonds is 6. The molecule has 0 radical (unpaired) electrons. The Balaban J connectivity index is 1.91. The van der Waals surface area contributed by atoms with Gasteiger partial charge >= 0.3 is 5.97 Å². The summed E-state index contributed by atoms with van der Waals surface area (Å²) in [5.74, 6) is 1.43. The van der Waals surface area contributed by atoms with Gasteiger partial charge in [0, 0.05) is 25.7 Å². The fraction of sp³-hybridized carbons (Fsp3) is 0.583. The van der Waals surface area contributed by atoms with Gasteiger partial charge in [0.25, 0.3) is 0 Å². The zero-order valence-corrected chi connectivity index (χ0v) is 10.7. The van der Waals surface area contributed by atoms with Crippen molar-refractivity contribution in [3.8, 4) is 0 Å². The molecule has 0 spiro atoms. The van der Waals surface area contributed by atoms with Crippen LogP contribution in [0.2, 0.25) is 0 Å². The number of esters is 1. The maximum absolute atomic E-state index is 11.1. The Hall–Kier alpha value is -1.85. The van der Waals surface area contributed by atoms with E-state index in [-0.39, 0.29) is 5.97 Å². The molecule has 0 saturated heterocycles. The zero-order chi connectivity index (χ0) is 13.0. The van der Waals surface area contributed by atoms with Crippen LogP contribution in [-0.4, -0.2) is 42.7 Å². The predicted molar refractivity (Wildman–Crippen MR) is 68.6 cm³/mol. The first-order valence-electron chi connectivity index (χ1n) is 6.05. The van der Waals surface area contributed by atoms with Crippen molar-refractivity contribution in [2.75, 3.05) is 30.9 Å². The average Bonchev–Trinajstić information content (AvgIpc) is 3.19. The molecule has 1 aliphatic rings. The van der Waals surface area contributed by atoms with Crippen LogP contribution in [0.1, 0.15) is 19.3 Å². The van der Waals surface area contributed by atoms with Crippen molar-refractivity contribution in [3.05, 3.63) is 12.4 Å². The predicted octanol–water partition coefficient (Wildman–Crippen LogP) is 1.05. The first-order valence-corrected chi connectivity index (χ1v) is 6.05. The van der Waals surface area contributed by atoms with Crippen LogP contribution in [0.5, 0.6) is 0 Å². The molecule has 2 rings (SSSR count). The topological polar surface area (TPSA) is 67.3 Å². The summed E-state index contributed by atoms with van der Waals surface area (Å²) >= 11 is 0. The number of aromatic nitrogens is 2. The number of methoxy groups -OCH3 is 1. The van der Waals surface area contributed by atoms with E-state index >= 15 is 0 Å². The van der Waals surface area contributed by atoms with Gasteiger partial charge in [-0.2, -0.15) is 0 Å². The van der Waals surface area contributed by atoms with E-state index in [0.717, 1.165) is 11.6 Å². The molecule has 0 amide bonds. The lowest BCUT2D eigenvalue weighted by atomic mass is 10.4. The van der Waals surface area contributed by atoms with Gasteiger partial charge in [0.05, 0.1) is 13.5 Å². The summed E-state index contributed by atoms with van der Waals surface area (Å²) in [6, 6.07) is 2.46. The molecule has 6 nitrogen and oxygen atoms in total. The summed E-state index contributed by atoms with van der Waals surface area (Å²) < 4.78 is 4.61. The number of carbonyl (C=O) groups is 1. The Bertz CT molecular complexity index is 420. The summed E-state index contributed by atoms with van der Waals surface area (Å²) in [4.78, 5) is 21.4. The first kappa shape index (κ1) is 12.6. The van der Waals surface area contributed by atoms with Crippen LogP contribution in [0.4, 0.5) is 11.6 Å². The third-order valence-corrected chi connectivity index (χ3v) is 2.85. The molecule has 1 saturated carbocycles. The first-order chi connectivity index (χ1) is 8.69. The van der Waals surface area contributed by atoms with Gasteiger partial charge in [-0.05, 0) is 12.8 Å². The second kappa shape index (κ2) is 5.66. The van der Waals surface area contributed by atoms with E-state index in [1.807, 2.05) is 18.0 Å². The third-order valence-electron chi connectivity index (χ3n) is 2.85. The standard InChI is InChI=1S/C12H18N4O2/c1-16(6-5-12(17)18-2)11-7-10(13-8-14-11)15-9-3-4-9/h7-9H,3-6H2,1-2H3,(H,13,14,15). The van der Waals surface area contributed by atoms with E-state index < -0.39 is 0 Å². The summed E-state index contributed by atoms with van der Waals surface area (Å²) in [7, 11) is 3.29. The summed E-state index contributed by atoms with van der Waals surface area (Å²) in [5, 5.41) is 3.32. The van der Waals surface area contributed by atoms with Gasteiger partial charge in [0.1, 0.15) is 18.0 Å². The van der Waals surface area contributed by atoms with E-state index in [9.17, 15) is 4.79 Å². The van der Waals surface area contributed by atoms with Crippen molar-refractivity contribution in [1.82, 2.24) is 9.97 Å². The summed E-state index contributed by atoms with van der Waals surface area (Å²) in [6.07, 6.45) is 4.30. The van der Waals surface area contributed by atoms with Gasteiger partial charge in [-0.15, -0.1) is 0 Å². The highest BCUT2D eigenvalue weighted by atomic mass is 16.5. The number of anilines is 2. The van der Waals surface area contributed by atoms with Crippen LogP contribution in [0.3, 0.4) is 0 Å². The average molecular weight is 250 g/mol. The minimum atomic E-state index is -0.216. The molecule has 1 fully saturated rings. The van der Waals surface area contributed by atoms with Gasteiger partial charge in [0.2, 0.25) is 0 Å². The number of nitrogens with one attached hydrogen (secondary N) is 1. The Morgan fingerprint density at radius 1 is 1.56 bits per heavy atom. The third kappa shape index (κ3) is 3.58. The molecule has 0 bridgehead atoms. The highest BCUT2D eigenvalue weighted by Gasteiger charge is 2.21. The number of hydrogen-bond acceptors (Lipinski definition) is 6. The van der Waals surface area contributed by atoms with Crippen LogP contribution in [0.15, 0.2) is 12.4 Å². The number of carbonyl (C=O) groups excluding carboxylic acids is 1. The fourth-order valence-corrected chi connectivity index (χ4v) is 1.55. The van der Waals surface area contributed by atoms with Crippen molar-refractivity contribution in [3.63, 3.8) is 0 Å². The monoisotopic (exact) mass is 250 g/mol. The Morgan fingerprint density at radius 3 is 3.00 bits per heavy atom. The molecule has 1 N–H and O–H groups in total. The van der Waals surface area contributed by atoms with Crippen molar-refractivity contribution >= 4 is 17.6 Å². The van der Waals surface area contributed by atoms with Crippen molar-refractivity contribution in [1.29, 1.82) is 0 Å². The minimum absolute atomic E-state index is 0.216. The van der Waals surface area contributed by atoms with E-state index in [2.05, 4.69) is 20.0 Å². The molecule has 0 atom stereocenters. The largest absolute Gasteiger partial charge is 0.469 e. The minimum Gasteiger partial charge on any atom is -0.469 e. The lowest BCUT2D eigenvalue weighted by molar-refractivity contribution is -0.140. The fourth-order valence-electron chi connectivity index (χ4n) is 1.55. The Morgan fingerprint density at radius 2 is 2.33 bits per heavy atom. The maximum atomic E-state index is 11.1. The molecule has 1 aromatic rings. The molecule has 98 valence electrons. The van der Waals surface area contributed by atoms with Crippen LogP contribution in [-0.2, 0) is 9.53 Å². The second-order valence-electron chi connectivity index (χ2n) is 4.43. The Kier molecular flexibility index (Phi) is 3.96. The molecule has 0 unspecified atom stereocenters. The quantitative estimate of drug-likeness (QED) is 0.761. The number of nitrogens with zero attached hydrogens (tertiary/aromatic N) is 3. The Labute approximate surface area is 106 Å². The van der Waals surface area contributed by atoms with E-state index in [4.69, 9.17) is 0 Å². The van der Waals surface area contributed by atoms with Gasteiger partial charge in [-0.3, -0.25) is 4.79 Å². The number of hydrogen-bond donors (Lipinski definition) is 1. The second-order valence-corrected chi connectivity index (χ2v) is 4.43. The van der Waals surface area contributed by atoms with E-state index in [1.54, 1.807) is 0 Å². The van der Waals surface area contributed by atoms with Crippen molar-refractivity contribution in [2.45, 2.75) is 25.3 Å². The SMILES string of the molecule is COC(=O)CCN(C)c1cc(NC2CC2)ncn1. The van der Waals surface area contributed by atoms with Gasteiger partial charge < -0.3 is 15.0 Å². The normalized spacial score (nSPS) is 14.1. The lowest BCUT2D eigenvalue weighted by Gasteiger charge is -2.17. The van der Waals surface area contributed by atoms with Gasteiger partial charge in [0.15, 0.2) is 0 Å². The van der Waals surface area contributed by atoms with Crippen molar-refractivity contribution < 1.29 is 9.53 Å². The van der Waals surface area contributed by atoms with E-state index in [0.29, 0.717) is 19.0 Å². The van der Waals surface area contributed by atoms with Crippen LogP contribution in [0, 0.1) is 0 Å². The molecule has 6 heteroatoms. The summed E-state index contributed by atoms with van der Waals surface area (Å²) in [5.41, 5.74) is 0. The molecular weight excluding hydrogens is 232 g/mol.